The highest BCUT2D eigenvalue weighted by Crippen LogP contribution is 2.08. The Morgan fingerprint density at radius 2 is 1.19 bits per heavy atom. The molecule has 0 bridgehead atoms. The van der Waals surface area contributed by atoms with Crippen LogP contribution in [0.4, 0.5) is 0 Å². The number of benzene rings is 2. The summed E-state index contributed by atoms with van der Waals surface area (Å²) in [6.07, 6.45) is 5.11. The van der Waals surface area contributed by atoms with E-state index in [-0.39, 0.29) is 0 Å². The summed E-state index contributed by atoms with van der Waals surface area (Å²) in [7, 11) is 0. The number of hydrogen-bond donors (Lipinski definition) is 0. The molecule has 0 N–H and O–H groups in total. The number of hydrogen-bond acceptors (Lipinski definition) is 0. The fourth-order valence-electron chi connectivity index (χ4n) is 1.31. The van der Waals surface area contributed by atoms with Gasteiger partial charge in [-0.25, -0.2) is 0 Å². The van der Waals surface area contributed by atoms with Gasteiger partial charge in [-0.15, -0.1) is 0 Å². The quantitative estimate of drug-likeness (QED) is 0.568. The van der Waals surface area contributed by atoms with Gasteiger partial charge in [-0.2, -0.15) is 0 Å². The smallest absolute Gasteiger partial charge is 0.0233 e. The van der Waals surface area contributed by atoms with Crippen LogP contribution in [0, 0.1) is 0 Å². The van der Waals surface area contributed by atoms with Crippen LogP contribution < -0.4 is 0 Å². The molecule has 0 radical (unpaired) electrons. The molecule has 0 aliphatic heterocycles. The van der Waals surface area contributed by atoms with Crippen LogP contribution in [0.5, 0.6) is 0 Å². The molecule has 0 unspecified atom stereocenters. The average Bonchev–Trinajstić information content (AvgIpc) is 2.57. The molecular weight excluding hydrogens is 252 g/mol. The second kappa shape index (κ2) is 12.4. The number of allylic oxidation sites excluding steroid dienone is 3. The van der Waals surface area contributed by atoms with Crippen molar-refractivity contribution in [2.75, 3.05) is 0 Å². The van der Waals surface area contributed by atoms with E-state index in [1.807, 2.05) is 61.5 Å². The van der Waals surface area contributed by atoms with Crippen LogP contribution in [0.2, 0.25) is 0 Å². The van der Waals surface area contributed by atoms with E-state index in [4.69, 9.17) is 0 Å². The zero-order valence-corrected chi connectivity index (χ0v) is 12.8. The predicted molar refractivity (Wildman–Crippen MR) is 98.1 cm³/mol. The molecule has 108 valence electrons. The lowest BCUT2D eigenvalue weighted by atomic mass is 10.1. The Hall–Kier alpha value is -2.60. The van der Waals surface area contributed by atoms with Crippen molar-refractivity contribution >= 4 is 11.6 Å². The summed E-state index contributed by atoms with van der Waals surface area (Å²) in [5.41, 5.74) is 3.51. The van der Waals surface area contributed by atoms with E-state index in [1.54, 1.807) is 12.2 Å². The fourth-order valence-corrected chi connectivity index (χ4v) is 1.31. The van der Waals surface area contributed by atoms with Gasteiger partial charge < -0.3 is 0 Å². The first-order valence-electron chi connectivity index (χ1n) is 6.77. The van der Waals surface area contributed by atoms with Crippen molar-refractivity contribution in [1.82, 2.24) is 0 Å². The summed E-state index contributed by atoms with van der Waals surface area (Å²) in [6, 6.07) is 20.2. The first-order valence-corrected chi connectivity index (χ1v) is 6.77. The van der Waals surface area contributed by atoms with Crippen molar-refractivity contribution in [3.05, 3.63) is 110 Å². The van der Waals surface area contributed by atoms with Gasteiger partial charge in [0.05, 0.1) is 0 Å². The molecular formula is C21H24. The van der Waals surface area contributed by atoms with Crippen molar-refractivity contribution < 1.29 is 0 Å². The van der Waals surface area contributed by atoms with Gasteiger partial charge in [0.1, 0.15) is 0 Å². The first kappa shape index (κ1) is 18.4. The zero-order chi connectivity index (χ0) is 15.9. The molecule has 0 aliphatic rings. The van der Waals surface area contributed by atoms with Crippen molar-refractivity contribution in [3.8, 4) is 0 Å². The average molecular weight is 276 g/mol. The molecule has 0 heteroatoms. The molecule has 0 aromatic heterocycles. The van der Waals surface area contributed by atoms with Crippen molar-refractivity contribution in [2.24, 2.45) is 0 Å². The second-order valence-electron chi connectivity index (χ2n) is 4.23. The van der Waals surface area contributed by atoms with Crippen LogP contribution in [0.25, 0.3) is 11.6 Å². The first-order chi connectivity index (χ1) is 10.2. The molecule has 0 amide bonds. The lowest BCUT2D eigenvalue weighted by molar-refractivity contribution is 1.58. The molecule has 0 fully saturated rings. The summed E-state index contributed by atoms with van der Waals surface area (Å²) in [5.74, 6) is 0. The molecule has 0 saturated carbocycles. The maximum absolute atomic E-state index is 3.83. The Morgan fingerprint density at radius 3 is 1.43 bits per heavy atom. The SMILES string of the molecule is C=C(C)c1ccccc1.C=CC=C.C=Cc1ccccc1. The van der Waals surface area contributed by atoms with Crippen LogP contribution in [-0.4, -0.2) is 0 Å². The van der Waals surface area contributed by atoms with Crippen LogP contribution in [0.1, 0.15) is 18.1 Å². The Balaban J connectivity index is 0.000000308. The Bertz CT molecular complexity index is 527. The standard InChI is InChI=1S/C9H10.C8H8.C4H6/c1-8(2)9-6-4-3-5-7-9;1-2-8-6-4-3-5-7-8;1-3-4-2/h3-7H,1H2,2H3;2-7H,1H2;3-4H,1-2H2. The topological polar surface area (TPSA) is 0 Å². The highest BCUT2D eigenvalue weighted by molar-refractivity contribution is 5.60. The van der Waals surface area contributed by atoms with Gasteiger partial charge in [-0.3, -0.25) is 0 Å². The van der Waals surface area contributed by atoms with Gasteiger partial charge in [0.2, 0.25) is 0 Å². The van der Waals surface area contributed by atoms with Crippen LogP contribution in [0.15, 0.2) is 99.1 Å². The van der Waals surface area contributed by atoms with Gasteiger partial charge in [-0.05, 0) is 18.1 Å². The molecule has 2 aromatic carbocycles. The van der Waals surface area contributed by atoms with Gasteiger partial charge >= 0.3 is 0 Å². The third-order valence-corrected chi connectivity index (χ3v) is 2.47. The summed E-state index contributed by atoms with van der Waals surface area (Å²) < 4.78 is 0. The predicted octanol–water partition coefficient (Wildman–Crippen LogP) is 6.41. The molecule has 21 heavy (non-hydrogen) atoms. The third kappa shape index (κ3) is 9.92. The molecule has 0 aliphatic carbocycles. The van der Waals surface area contributed by atoms with E-state index in [0.29, 0.717) is 0 Å². The third-order valence-electron chi connectivity index (χ3n) is 2.47. The van der Waals surface area contributed by atoms with E-state index in [0.717, 1.165) is 5.57 Å². The van der Waals surface area contributed by atoms with Gasteiger partial charge in [-0.1, -0.05) is 111 Å². The molecule has 2 aromatic rings. The minimum Gasteiger partial charge on any atom is -0.0991 e. The van der Waals surface area contributed by atoms with Gasteiger partial charge in [0, 0.05) is 0 Å². The molecule has 0 saturated heterocycles. The largest absolute Gasteiger partial charge is 0.0991 e. The summed E-state index contributed by atoms with van der Waals surface area (Å²) >= 11 is 0. The van der Waals surface area contributed by atoms with Crippen LogP contribution >= 0.6 is 0 Å². The zero-order valence-electron chi connectivity index (χ0n) is 12.8. The van der Waals surface area contributed by atoms with Crippen molar-refractivity contribution in [3.63, 3.8) is 0 Å². The Morgan fingerprint density at radius 1 is 0.762 bits per heavy atom. The minimum absolute atomic E-state index is 1.12. The normalized spacial score (nSPS) is 8.05. The van der Waals surface area contributed by atoms with Gasteiger partial charge in [0.15, 0.2) is 0 Å². The number of rotatable bonds is 3. The van der Waals surface area contributed by atoms with Crippen LogP contribution in [0.3, 0.4) is 0 Å². The lowest BCUT2D eigenvalue weighted by Gasteiger charge is -1.94. The minimum atomic E-state index is 1.12. The molecule has 0 spiro atoms. The lowest BCUT2D eigenvalue weighted by Crippen LogP contribution is -1.72. The monoisotopic (exact) mass is 276 g/mol. The second-order valence-corrected chi connectivity index (χ2v) is 4.23. The molecule has 0 heterocycles. The highest BCUT2D eigenvalue weighted by Gasteiger charge is 1.86. The van der Waals surface area contributed by atoms with E-state index in [1.165, 1.54) is 11.1 Å². The maximum Gasteiger partial charge on any atom is -0.0233 e. The van der Waals surface area contributed by atoms with E-state index < -0.39 is 0 Å². The molecule has 0 nitrogen and oxygen atoms in total. The van der Waals surface area contributed by atoms with Crippen molar-refractivity contribution in [2.45, 2.75) is 6.92 Å². The van der Waals surface area contributed by atoms with E-state index in [9.17, 15) is 0 Å². The van der Waals surface area contributed by atoms with Gasteiger partial charge in [0.25, 0.3) is 0 Å². The summed E-state index contributed by atoms with van der Waals surface area (Å²) in [6.45, 7) is 16.2. The molecule has 2 rings (SSSR count). The summed E-state index contributed by atoms with van der Waals surface area (Å²) in [4.78, 5) is 0. The fraction of sp³-hybridized carbons (Fsp3) is 0.0476. The summed E-state index contributed by atoms with van der Waals surface area (Å²) in [5, 5.41) is 0. The molecule has 0 atom stereocenters. The van der Waals surface area contributed by atoms with Crippen LogP contribution in [-0.2, 0) is 0 Å². The van der Waals surface area contributed by atoms with E-state index >= 15 is 0 Å². The highest BCUT2D eigenvalue weighted by atomic mass is 13.9. The Labute approximate surface area is 129 Å². The van der Waals surface area contributed by atoms with E-state index in [2.05, 4.69) is 38.4 Å². The maximum atomic E-state index is 3.83. The Kier molecular flexibility index (Phi) is 10.9. The van der Waals surface area contributed by atoms with Crippen molar-refractivity contribution in [1.29, 1.82) is 0 Å².